The van der Waals surface area contributed by atoms with Crippen LogP contribution in [-0.2, 0) is 11.3 Å². The highest BCUT2D eigenvalue weighted by atomic mass is 16.3. The molecule has 1 aliphatic carbocycles. The van der Waals surface area contributed by atoms with Crippen molar-refractivity contribution in [1.29, 1.82) is 0 Å². The van der Waals surface area contributed by atoms with Gasteiger partial charge in [0.2, 0.25) is 5.91 Å². The van der Waals surface area contributed by atoms with Gasteiger partial charge in [0.25, 0.3) is 0 Å². The van der Waals surface area contributed by atoms with Crippen molar-refractivity contribution in [1.82, 2.24) is 14.7 Å². The molecule has 1 amide bonds. The van der Waals surface area contributed by atoms with Crippen molar-refractivity contribution in [3.63, 3.8) is 0 Å². The minimum Gasteiger partial charge on any atom is -0.469 e. The van der Waals surface area contributed by atoms with Crippen molar-refractivity contribution in [2.45, 2.75) is 37.8 Å². The summed E-state index contributed by atoms with van der Waals surface area (Å²) < 4.78 is 7.35. The van der Waals surface area contributed by atoms with E-state index in [1.807, 2.05) is 29.1 Å². The fourth-order valence-electron chi connectivity index (χ4n) is 3.44. The predicted octanol–water partition coefficient (Wildman–Crippen LogP) is 2.27. The van der Waals surface area contributed by atoms with Gasteiger partial charge in [0.05, 0.1) is 18.8 Å². The molecule has 5 nitrogen and oxygen atoms in total. The number of hydrogen-bond donors (Lipinski definition) is 0. The van der Waals surface area contributed by atoms with Gasteiger partial charge in [-0.25, -0.2) is 0 Å². The second-order valence-corrected chi connectivity index (χ2v) is 6.02. The van der Waals surface area contributed by atoms with Crippen LogP contribution in [0, 0.1) is 5.92 Å². The first kappa shape index (κ1) is 12.7. The minimum atomic E-state index is 0.120. The van der Waals surface area contributed by atoms with Crippen LogP contribution >= 0.6 is 0 Å². The van der Waals surface area contributed by atoms with Crippen molar-refractivity contribution in [3.05, 3.63) is 42.6 Å². The van der Waals surface area contributed by atoms with Crippen LogP contribution in [0.2, 0.25) is 0 Å². The van der Waals surface area contributed by atoms with Gasteiger partial charge in [0, 0.05) is 30.8 Å². The summed E-state index contributed by atoms with van der Waals surface area (Å²) in [5.74, 6) is 1.66. The molecule has 3 unspecified atom stereocenters. The molecular formula is C16H19N3O2. The highest BCUT2D eigenvalue weighted by Gasteiger charge is 2.49. The molecule has 4 rings (SSSR count). The normalized spacial score (nSPS) is 28.0. The Morgan fingerprint density at radius 3 is 3.14 bits per heavy atom. The van der Waals surface area contributed by atoms with Crippen LogP contribution in [0.15, 0.2) is 41.3 Å². The first-order valence-corrected chi connectivity index (χ1v) is 7.64. The molecule has 21 heavy (non-hydrogen) atoms. The molecule has 5 heteroatoms. The molecule has 0 radical (unpaired) electrons. The zero-order valence-electron chi connectivity index (χ0n) is 11.9. The van der Waals surface area contributed by atoms with Gasteiger partial charge in [-0.3, -0.25) is 9.48 Å². The third kappa shape index (κ3) is 2.37. The monoisotopic (exact) mass is 285 g/mol. The summed E-state index contributed by atoms with van der Waals surface area (Å²) in [5, 5.41) is 4.25. The summed E-state index contributed by atoms with van der Waals surface area (Å²) in [6.45, 7) is 1.68. The quantitative estimate of drug-likeness (QED) is 0.866. The second kappa shape index (κ2) is 5.06. The number of hydrogen-bond acceptors (Lipinski definition) is 3. The third-order valence-corrected chi connectivity index (χ3v) is 4.63. The van der Waals surface area contributed by atoms with E-state index in [1.165, 1.54) is 0 Å². The molecule has 1 saturated carbocycles. The molecule has 0 N–H and O–H groups in total. The molecule has 2 aromatic rings. The lowest BCUT2D eigenvalue weighted by molar-refractivity contribution is -0.133. The number of rotatable bonds is 4. The number of amides is 1. The average molecular weight is 285 g/mol. The maximum atomic E-state index is 12.7. The Bertz CT molecular complexity index is 606. The van der Waals surface area contributed by atoms with Crippen LogP contribution in [-0.4, -0.2) is 33.2 Å². The number of carbonyl (C=O) groups excluding carboxylic acids is 1. The van der Waals surface area contributed by atoms with E-state index in [0.717, 1.165) is 38.1 Å². The predicted molar refractivity (Wildman–Crippen MR) is 76.5 cm³/mol. The Labute approximate surface area is 123 Å². The van der Waals surface area contributed by atoms with Gasteiger partial charge in [-0.05, 0) is 37.5 Å². The largest absolute Gasteiger partial charge is 0.469 e. The summed E-state index contributed by atoms with van der Waals surface area (Å²) in [6, 6.07) is 6.08. The number of carbonyl (C=O) groups is 1. The molecule has 1 aliphatic heterocycles. The molecule has 1 saturated heterocycles. The number of nitrogens with zero attached hydrogens (tertiary/aromatic N) is 3. The van der Waals surface area contributed by atoms with Gasteiger partial charge < -0.3 is 9.32 Å². The van der Waals surface area contributed by atoms with E-state index < -0.39 is 0 Å². The highest BCUT2D eigenvalue weighted by Crippen LogP contribution is 2.49. The van der Waals surface area contributed by atoms with Crippen LogP contribution in [0.3, 0.4) is 0 Å². The maximum Gasteiger partial charge on any atom is 0.226 e. The van der Waals surface area contributed by atoms with E-state index in [9.17, 15) is 4.79 Å². The lowest BCUT2D eigenvalue weighted by Gasteiger charge is -2.25. The second-order valence-electron chi connectivity index (χ2n) is 6.02. The zero-order chi connectivity index (χ0) is 14.2. The topological polar surface area (TPSA) is 51.3 Å². The SMILES string of the molecule is O=C(C1CC1c1ccco1)N1CCCC1Cn1cccn1. The van der Waals surface area contributed by atoms with Crippen LogP contribution in [0.4, 0.5) is 0 Å². The first-order valence-electron chi connectivity index (χ1n) is 7.64. The molecule has 2 aliphatic rings. The molecule has 3 heterocycles. The van der Waals surface area contributed by atoms with Crippen molar-refractivity contribution in [2.24, 2.45) is 5.92 Å². The van der Waals surface area contributed by atoms with E-state index in [1.54, 1.807) is 12.5 Å². The van der Waals surface area contributed by atoms with E-state index >= 15 is 0 Å². The molecular weight excluding hydrogens is 266 g/mol. The molecule has 0 aromatic carbocycles. The number of likely N-dealkylation sites (tertiary alicyclic amines) is 1. The van der Waals surface area contributed by atoms with Gasteiger partial charge in [-0.1, -0.05) is 0 Å². The van der Waals surface area contributed by atoms with E-state index in [0.29, 0.717) is 11.8 Å². The van der Waals surface area contributed by atoms with Gasteiger partial charge in [0.15, 0.2) is 0 Å². The van der Waals surface area contributed by atoms with Gasteiger partial charge >= 0.3 is 0 Å². The number of furan rings is 1. The van der Waals surface area contributed by atoms with Crippen molar-refractivity contribution in [3.8, 4) is 0 Å². The van der Waals surface area contributed by atoms with Gasteiger partial charge in [-0.15, -0.1) is 0 Å². The third-order valence-electron chi connectivity index (χ3n) is 4.63. The van der Waals surface area contributed by atoms with Crippen LogP contribution in [0.25, 0.3) is 0 Å². The van der Waals surface area contributed by atoms with Crippen molar-refractivity contribution >= 4 is 5.91 Å². The summed E-state index contributed by atoms with van der Waals surface area (Å²) in [6.07, 6.45) is 8.53. The van der Waals surface area contributed by atoms with E-state index in [-0.39, 0.29) is 12.0 Å². The smallest absolute Gasteiger partial charge is 0.226 e. The van der Waals surface area contributed by atoms with Crippen molar-refractivity contribution < 1.29 is 9.21 Å². The molecule has 2 fully saturated rings. The molecule has 110 valence electrons. The van der Waals surface area contributed by atoms with Crippen LogP contribution in [0.5, 0.6) is 0 Å². The molecule has 3 atom stereocenters. The van der Waals surface area contributed by atoms with Gasteiger partial charge in [0.1, 0.15) is 5.76 Å². The average Bonchev–Trinajstić information content (AvgIpc) is 2.99. The zero-order valence-corrected chi connectivity index (χ0v) is 11.9. The molecule has 0 spiro atoms. The molecule has 2 aromatic heterocycles. The van der Waals surface area contributed by atoms with Crippen LogP contribution < -0.4 is 0 Å². The summed E-state index contributed by atoms with van der Waals surface area (Å²) >= 11 is 0. The van der Waals surface area contributed by atoms with Gasteiger partial charge in [-0.2, -0.15) is 5.10 Å². The first-order chi connectivity index (χ1) is 10.3. The summed E-state index contributed by atoms with van der Waals surface area (Å²) in [7, 11) is 0. The molecule has 0 bridgehead atoms. The Balaban J connectivity index is 1.42. The lowest BCUT2D eigenvalue weighted by atomic mass is 10.2. The van der Waals surface area contributed by atoms with E-state index in [4.69, 9.17) is 4.42 Å². The van der Waals surface area contributed by atoms with Crippen LogP contribution in [0.1, 0.15) is 30.9 Å². The fraction of sp³-hybridized carbons (Fsp3) is 0.500. The Hall–Kier alpha value is -2.04. The fourth-order valence-corrected chi connectivity index (χ4v) is 3.44. The maximum absolute atomic E-state index is 12.7. The highest BCUT2D eigenvalue weighted by molar-refractivity contribution is 5.83. The van der Waals surface area contributed by atoms with Crippen molar-refractivity contribution in [2.75, 3.05) is 6.54 Å². The Morgan fingerprint density at radius 2 is 2.38 bits per heavy atom. The Morgan fingerprint density at radius 1 is 1.43 bits per heavy atom. The standard InChI is InChI=1S/C16H19N3O2/c20-16(14-10-13(14)15-5-2-9-21-15)19-8-1-4-12(19)11-18-7-3-6-17-18/h2-3,5-7,9,12-14H,1,4,8,10-11H2. The minimum absolute atomic E-state index is 0.120. The lowest BCUT2D eigenvalue weighted by Crippen LogP contribution is -2.39. The summed E-state index contributed by atoms with van der Waals surface area (Å²) in [4.78, 5) is 14.8. The summed E-state index contributed by atoms with van der Waals surface area (Å²) in [5.41, 5.74) is 0. The van der Waals surface area contributed by atoms with E-state index in [2.05, 4.69) is 10.00 Å². The number of aromatic nitrogens is 2. The Kier molecular flexibility index (Phi) is 3.05.